The standard InChI is InChI=1S/C17H22N2O2/c1-13-16-4-3-14(12-19-7-9-21-10-8-19)11-15(16)5-6-18(2)17(13)20/h3-6,11,13H,7-10,12H2,1-2H3/t13-/m1/s1. The molecular formula is C17H22N2O2. The first-order valence-electron chi connectivity index (χ1n) is 7.53. The molecule has 0 saturated carbocycles. The Morgan fingerprint density at radius 3 is 2.81 bits per heavy atom. The number of morpholine rings is 1. The zero-order valence-corrected chi connectivity index (χ0v) is 12.7. The van der Waals surface area contributed by atoms with Crippen LogP contribution in [-0.2, 0) is 16.1 Å². The maximum Gasteiger partial charge on any atom is 0.233 e. The van der Waals surface area contributed by atoms with Crippen molar-refractivity contribution in [1.29, 1.82) is 0 Å². The number of amides is 1. The molecule has 2 aliphatic rings. The van der Waals surface area contributed by atoms with Gasteiger partial charge in [0, 0.05) is 32.9 Å². The van der Waals surface area contributed by atoms with Gasteiger partial charge in [-0.15, -0.1) is 0 Å². The molecule has 0 N–H and O–H groups in total. The summed E-state index contributed by atoms with van der Waals surface area (Å²) in [5.41, 5.74) is 3.57. The molecule has 0 aliphatic carbocycles. The van der Waals surface area contributed by atoms with Crippen molar-refractivity contribution in [2.75, 3.05) is 33.4 Å². The molecule has 1 atom stereocenters. The lowest BCUT2D eigenvalue weighted by Crippen LogP contribution is -2.35. The Hall–Kier alpha value is -1.65. The summed E-state index contributed by atoms with van der Waals surface area (Å²) in [6.45, 7) is 6.55. The number of ether oxygens (including phenoxy) is 1. The Balaban J connectivity index is 1.83. The van der Waals surface area contributed by atoms with Crippen LogP contribution >= 0.6 is 0 Å². The second-order valence-corrected chi connectivity index (χ2v) is 5.84. The molecule has 3 rings (SSSR count). The molecular weight excluding hydrogens is 264 g/mol. The third-order valence-corrected chi connectivity index (χ3v) is 4.32. The van der Waals surface area contributed by atoms with Gasteiger partial charge in [0.2, 0.25) is 5.91 Å². The first-order chi connectivity index (χ1) is 10.1. The van der Waals surface area contributed by atoms with Crippen LogP contribution in [0.4, 0.5) is 0 Å². The predicted molar refractivity (Wildman–Crippen MR) is 82.8 cm³/mol. The van der Waals surface area contributed by atoms with Gasteiger partial charge in [-0.25, -0.2) is 0 Å². The third-order valence-electron chi connectivity index (χ3n) is 4.32. The van der Waals surface area contributed by atoms with Crippen LogP contribution < -0.4 is 0 Å². The highest BCUT2D eigenvalue weighted by Gasteiger charge is 2.23. The van der Waals surface area contributed by atoms with Gasteiger partial charge in [0.25, 0.3) is 0 Å². The van der Waals surface area contributed by atoms with Crippen molar-refractivity contribution >= 4 is 12.0 Å². The highest BCUT2D eigenvalue weighted by atomic mass is 16.5. The number of benzene rings is 1. The SMILES string of the molecule is C[C@H]1C(=O)N(C)C=Cc2cc(CN3CCOCC3)ccc21. The average Bonchev–Trinajstić information content (AvgIpc) is 2.61. The molecule has 2 heterocycles. The van der Waals surface area contributed by atoms with E-state index >= 15 is 0 Å². The molecule has 4 heteroatoms. The van der Waals surface area contributed by atoms with Crippen molar-refractivity contribution in [3.8, 4) is 0 Å². The minimum absolute atomic E-state index is 0.0857. The van der Waals surface area contributed by atoms with E-state index in [0.29, 0.717) is 0 Å². The summed E-state index contributed by atoms with van der Waals surface area (Å²) in [5, 5.41) is 0. The Labute approximate surface area is 126 Å². The van der Waals surface area contributed by atoms with Crippen LogP contribution in [0, 0.1) is 0 Å². The Morgan fingerprint density at radius 1 is 1.29 bits per heavy atom. The molecule has 0 aromatic heterocycles. The molecule has 4 nitrogen and oxygen atoms in total. The van der Waals surface area contributed by atoms with E-state index in [-0.39, 0.29) is 11.8 Å². The van der Waals surface area contributed by atoms with Gasteiger partial charge in [0.05, 0.1) is 19.1 Å². The summed E-state index contributed by atoms with van der Waals surface area (Å²) < 4.78 is 5.39. The Bertz CT molecular complexity index is 562. The molecule has 1 fully saturated rings. The lowest BCUT2D eigenvalue weighted by Gasteiger charge is -2.27. The van der Waals surface area contributed by atoms with Gasteiger partial charge in [-0.2, -0.15) is 0 Å². The fourth-order valence-corrected chi connectivity index (χ4v) is 2.98. The van der Waals surface area contributed by atoms with Gasteiger partial charge in [0.1, 0.15) is 0 Å². The largest absolute Gasteiger partial charge is 0.379 e. The summed E-state index contributed by atoms with van der Waals surface area (Å²) in [7, 11) is 1.82. The van der Waals surface area contributed by atoms with E-state index < -0.39 is 0 Å². The van der Waals surface area contributed by atoms with Crippen LogP contribution in [-0.4, -0.2) is 49.1 Å². The van der Waals surface area contributed by atoms with Crippen LogP contribution in [0.5, 0.6) is 0 Å². The topological polar surface area (TPSA) is 32.8 Å². The summed E-state index contributed by atoms with van der Waals surface area (Å²) >= 11 is 0. The number of likely N-dealkylation sites (N-methyl/N-ethyl adjacent to an activating group) is 1. The fourth-order valence-electron chi connectivity index (χ4n) is 2.98. The van der Waals surface area contributed by atoms with Crippen LogP contribution in [0.3, 0.4) is 0 Å². The van der Waals surface area contributed by atoms with E-state index in [4.69, 9.17) is 4.74 Å². The number of hydrogen-bond acceptors (Lipinski definition) is 3. The zero-order valence-electron chi connectivity index (χ0n) is 12.7. The van der Waals surface area contributed by atoms with Gasteiger partial charge in [0.15, 0.2) is 0 Å². The summed E-state index contributed by atoms with van der Waals surface area (Å²) in [6, 6.07) is 6.47. The van der Waals surface area contributed by atoms with Crippen molar-refractivity contribution < 1.29 is 9.53 Å². The van der Waals surface area contributed by atoms with Crippen molar-refractivity contribution in [3.63, 3.8) is 0 Å². The molecule has 1 aromatic carbocycles. The highest BCUT2D eigenvalue weighted by molar-refractivity contribution is 5.87. The second-order valence-electron chi connectivity index (χ2n) is 5.84. The maximum atomic E-state index is 12.2. The average molecular weight is 286 g/mol. The molecule has 2 aliphatic heterocycles. The number of hydrogen-bond donors (Lipinski definition) is 0. The molecule has 21 heavy (non-hydrogen) atoms. The van der Waals surface area contributed by atoms with Gasteiger partial charge in [-0.1, -0.05) is 18.2 Å². The number of fused-ring (bicyclic) bond motifs is 1. The van der Waals surface area contributed by atoms with E-state index in [2.05, 4.69) is 23.1 Å². The second kappa shape index (κ2) is 6.00. The molecule has 0 spiro atoms. The first kappa shape index (κ1) is 14.3. The van der Waals surface area contributed by atoms with Gasteiger partial charge in [-0.05, 0) is 29.7 Å². The van der Waals surface area contributed by atoms with E-state index in [1.165, 1.54) is 5.56 Å². The monoisotopic (exact) mass is 286 g/mol. The highest BCUT2D eigenvalue weighted by Crippen LogP contribution is 2.27. The fraction of sp³-hybridized carbons (Fsp3) is 0.471. The molecule has 0 radical (unpaired) electrons. The minimum atomic E-state index is -0.0857. The van der Waals surface area contributed by atoms with Crippen molar-refractivity contribution in [2.45, 2.75) is 19.4 Å². The number of carbonyl (C=O) groups excluding carboxylic acids is 1. The lowest BCUT2D eigenvalue weighted by atomic mass is 9.94. The normalized spacial score (nSPS) is 23.0. The van der Waals surface area contributed by atoms with Crippen LogP contribution in [0.1, 0.15) is 29.5 Å². The van der Waals surface area contributed by atoms with Crippen molar-refractivity contribution in [3.05, 3.63) is 41.1 Å². The van der Waals surface area contributed by atoms with Crippen molar-refractivity contribution in [2.24, 2.45) is 0 Å². The van der Waals surface area contributed by atoms with Crippen LogP contribution in [0.2, 0.25) is 0 Å². The first-order valence-corrected chi connectivity index (χ1v) is 7.53. The van der Waals surface area contributed by atoms with Gasteiger partial charge < -0.3 is 9.64 Å². The lowest BCUT2D eigenvalue weighted by molar-refractivity contribution is -0.128. The van der Waals surface area contributed by atoms with E-state index in [9.17, 15) is 4.79 Å². The molecule has 1 saturated heterocycles. The van der Waals surface area contributed by atoms with Crippen LogP contribution in [0.15, 0.2) is 24.4 Å². The Morgan fingerprint density at radius 2 is 2.05 bits per heavy atom. The molecule has 112 valence electrons. The van der Waals surface area contributed by atoms with Gasteiger partial charge >= 0.3 is 0 Å². The number of carbonyl (C=O) groups is 1. The number of nitrogens with zero attached hydrogens (tertiary/aromatic N) is 2. The minimum Gasteiger partial charge on any atom is -0.379 e. The van der Waals surface area contributed by atoms with E-state index in [0.717, 1.165) is 44.0 Å². The maximum absolute atomic E-state index is 12.2. The summed E-state index contributed by atoms with van der Waals surface area (Å²) in [4.78, 5) is 16.2. The van der Waals surface area contributed by atoms with E-state index in [1.54, 1.807) is 4.90 Å². The molecule has 1 amide bonds. The molecule has 1 aromatic rings. The summed E-state index contributed by atoms with van der Waals surface area (Å²) in [6.07, 6.45) is 3.91. The quantitative estimate of drug-likeness (QED) is 0.834. The molecule has 0 bridgehead atoms. The molecule has 0 unspecified atom stereocenters. The van der Waals surface area contributed by atoms with Crippen molar-refractivity contribution in [1.82, 2.24) is 9.80 Å². The van der Waals surface area contributed by atoms with Crippen LogP contribution in [0.25, 0.3) is 6.08 Å². The zero-order chi connectivity index (χ0) is 14.8. The summed E-state index contributed by atoms with van der Waals surface area (Å²) in [5.74, 6) is 0.0587. The van der Waals surface area contributed by atoms with Gasteiger partial charge in [-0.3, -0.25) is 9.69 Å². The Kier molecular flexibility index (Phi) is 4.08. The predicted octanol–water partition coefficient (Wildman–Crippen LogP) is 2.06. The third kappa shape index (κ3) is 3.01. The van der Waals surface area contributed by atoms with E-state index in [1.807, 2.05) is 26.2 Å². The smallest absolute Gasteiger partial charge is 0.233 e. The number of rotatable bonds is 2.